The van der Waals surface area contributed by atoms with Crippen molar-refractivity contribution in [2.45, 2.75) is 13.3 Å². The molecule has 0 atom stereocenters. The Balaban J connectivity index is 2.26. The lowest BCUT2D eigenvalue weighted by molar-refractivity contribution is 0.102. The predicted molar refractivity (Wildman–Crippen MR) is 83.2 cm³/mol. The number of hydrogen-bond acceptors (Lipinski definition) is 6. The average Bonchev–Trinajstić information content (AvgIpc) is 2.54. The molecule has 22 heavy (non-hydrogen) atoms. The average molecular weight is 302 g/mol. The fourth-order valence-electron chi connectivity index (χ4n) is 1.77. The minimum Gasteiger partial charge on any atom is -0.497 e. The summed E-state index contributed by atoms with van der Waals surface area (Å²) >= 11 is 0. The quantitative estimate of drug-likeness (QED) is 0.847. The molecule has 3 N–H and O–H groups in total. The van der Waals surface area contributed by atoms with Crippen LogP contribution in [0.2, 0.25) is 0 Å². The number of methoxy groups -OCH3 is 1. The number of nitrogens with two attached hydrogens (primary N) is 1. The Labute approximate surface area is 128 Å². The standard InChI is InChI=1S/C15H18N4O3/c1-3-6-22-13-7-10(21-2)4-5-11(13)15(20)19-12-8-17-9-18-14(12)16/h4-5,7-9H,3,6H2,1-2H3,(H,19,20)(H2,16,17,18). The first-order chi connectivity index (χ1) is 10.7. The summed E-state index contributed by atoms with van der Waals surface area (Å²) in [5, 5.41) is 2.67. The van der Waals surface area contributed by atoms with Gasteiger partial charge >= 0.3 is 0 Å². The zero-order chi connectivity index (χ0) is 15.9. The van der Waals surface area contributed by atoms with Gasteiger partial charge in [-0.3, -0.25) is 4.79 Å². The van der Waals surface area contributed by atoms with Crippen LogP contribution in [0.4, 0.5) is 11.5 Å². The number of nitrogens with one attached hydrogen (secondary N) is 1. The molecule has 2 rings (SSSR count). The topological polar surface area (TPSA) is 99.4 Å². The number of amides is 1. The molecule has 0 saturated carbocycles. The van der Waals surface area contributed by atoms with Crippen molar-refractivity contribution in [3.63, 3.8) is 0 Å². The van der Waals surface area contributed by atoms with Gasteiger partial charge in [0.25, 0.3) is 5.91 Å². The van der Waals surface area contributed by atoms with E-state index in [1.807, 2.05) is 6.92 Å². The molecule has 0 saturated heterocycles. The van der Waals surface area contributed by atoms with E-state index in [9.17, 15) is 4.79 Å². The Morgan fingerprint density at radius 3 is 2.91 bits per heavy atom. The molecule has 116 valence electrons. The molecule has 1 aromatic carbocycles. The molecular formula is C15H18N4O3. The Bertz CT molecular complexity index is 661. The van der Waals surface area contributed by atoms with E-state index < -0.39 is 0 Å². The van der Waals surface area contributed by atoms with Gasteiger partial charge in [-0.15, -0.1) is 0 Å². The number of nitrogens with zero attached hydrogens (tertiary/aromatic N) is 2. The number of nitrogen functional groups attached to an aromatic ring is 1. The van der Waals surface area contributed by atoms with Crippen LogP contribution in [0.25, 0.3) is 0 Å². The van der Waals surface area contributed by atoms with Crippen LogP contribution in [0.5, 0.6) is 11.5 Å². The monoisotopic (exact) mass is 302 g/mol. The van der Waals surface area contributed by atoms with Crippen LogP contribution in [0.1, 0.15) is 23.7 Å². The summed E-state index contributed by atoms with van der Waals surface area (Å²) in [5.74, 6) is 0.919. The van der Waals surface area contributed by atoms with Crippen molar-refractivity contribution in [1.82, 2.24) is 9.97 Å². The summed E-state index contributed by atoms with van der Waals surface area (Å²) < 4.78 is 10.8. The Kier molecular flexibility index (Phi) is 5.13. The van der Waals surface area contributed by atoms with E-state index in [0.29, 0.717) is 29.4 Å². The second kappa shape index (κ2) is 7.26. The third-order valence-electron chi connectivity index (χ3n) is 2.89. The van der Waals surface area contributed by atoms with Gasteiger partial charge in [0.15, 0.2) is 5.82 Å². The van der Waals surface area contributed by atoms with Gasteiger partial charge in [0, 0.05) is 6.07 Å². The van der Waals surface area contributed by atoms with Gasteiger partial charge in [-0.2, -0.15) is 0 Å². The Hall–Kier alpha value is -2.83. The van der Waals surface area contributed by atoms with E-state index in [-0.39, 0.29) is 11.7 Å². The van der Waals surface area contributed by atoms with E-state index >= 15 is 0 Å². The molecular weight excluding hydrogens is 284 g/mol. The molecule has 0 spiro atoms. The van der Waals surface area contributed by atoms with Gasteiger partial charge in [-0.05, 0) is 18.6 Å². The highest BCUT2D eigenvalue weighted by molar-refractivity contribution is 6.07. The summed E-state index contributed by atoms with van der Waals surface area (Å²) in [6.45, 7) is 2.49. The maximum Gasteiger partial charge on any atom is 0.259 e. The van der Waals surface area contributed by atoms with Crippen molar-refractivity contribution in [3.8, 4) is 11.5 Å². The van der Waals surface area contributed by atoms with Crippen LogP contribution in [0.15, 0.2) is 30.7 Å². The first kappa shape index (κ1) is 15.6. The van der Waals surface area contributed by atoms with Crippen molar-refractivity contribution >= 4 is 17.4 Å². The van der Waals surface area contributed by atoms with Gasteiger partial charge < -0.3 is 20.5 Å². The van der Waals surface area contributed by atoms with Gasteiger partial charge in [0.05, 0.1) is 25.5 Å². The van der Waals surface area contributed by atoms with Crippen molar-refractivity contribution < 1.29 is 14.3 Å². The lowest BCUT2D eigenvalue weighted by Crippen LogP contribution is -2.15. The van der Waals surface area contributed by atoms with Gasteiger partial charge in [-0.25, -0.2) is 9.97 Å². The molecule has 0 bridgehead atoms. The summed E-state index contributed by atoms with van der Waals surface area (Å²) in [6, 6.07) is 5.01. The molecule has 0 aliphatic carbocycles. The Morgan fingerprint density at radius 1 is 1.41 bits per heavy atom. The molecule has 0 radical (unpaired) electrons. The third kappa shape index (κ3) is 3.63. The number of hydrogen-bond donors (Lipinski definition) is 2. The number of rotatable bonds is 6. The number of benzene rings is 1. The van der Waals surface area contributed by atoms with Crippen LogP contribution in [0, 0.1) is 0 Å². The zero-order valence-electron chi connectivity index (χ0n) is 12.5. The molecule has 0 aliphatic rings. The van der Waals surface area contributed by atoms with Crippen molar-refractivity contribution in [3.05, 3.63) is 36.3 Å². The highest BCUT2D eigenvalue weighted by atomic mass is 16.5. The summed E-state index contributed by atoms with van der Waals surface area (Å²) in [5.41, 5.74) is 6.43. The normalized spacial score (nSPS) is 10.1. The first-order valence-corrected chi connectivity index (χ1v) is 6.83. The van der Waals surface area contributed by atoms with Crippen LogP contribution < -0.4 is 20.5 Å². The number of carbonyl (C=O) groups excluding carboxylic acids is 1. The molecule has 0 unspecified atom stereocenters. The molecule has 1 aromatic heterocycles. The summed E-state index contributed by atoms with van der Waals surface area (Å²) in [4.78, 5) is 20.1. The van der Waals surface area contributed by atoms with E-state index in [2.05, 4.69) is 15.3 Å². The lowest BCUT2D eigenvalue weighted by atomic mass is 10.1. The van der Waals surface area contributed by atoms with E-state index in [1.165, 1.54) is 12.5 Å². The lowest BCUT2D eigenvalue weighted by Gasteiger charge is -2.13. The fourth-order valence-corrected chi connectivity index (χ4v) is 1.77. The summed E-state index contributed by atoms with van der Waals surface area (Å²) in [6.07, 6.45) is 3.59. The van der Waals surface area contributed by atoms with Gasteiger partial charge in [0.2, 0.25) is 0 Å². The highest BCUT2D eigenvalue weighted by Gasteiger charge is 2.15. The number of ether oxygens (including phenoxy) is 2. The predicted octanol–water partition coefficient (Wildman–Crippen LogP) is 2.11. The second-order valence-corrected chi connectivity index (χ2v) is 4.49. The molecule has 1 heterocycles. The molecule has 1 amide bonds. The number of aromatic nitrogens is 2. The molecule has 7 heteroatoms. The molecule has 7 nitrogen and oxygen atoms in total. The number of anilines is 2. The van der Waals surface area contributed by atoms with E-state index in [4.69, 9.17) is 15.2 Å². The van der Waals surface area contributed by atoms with E-state index in [1.54, 1.807) is 25.3 Å². The maximum absolute atomic E-state index is 12.4. The summed E-state index contributed by atoms with van der Waals surface area (Å²) in [7, 11) is 1.56. The second-order valence-electron chi connectivity index (χ2n) is 4.49. The minimum absolute atomic E-state index is 0.202. The van der Waals surface area contributed by atoms with Gasteiger partial charge in [0.1, 0.15) is 23.5 Å². The van der Waals surface area contributed by atoms with Crippen molar-refractivity contribution in [1.29, 1.82) is 0 Å². The van der Waals surface area contributed by atoms with Crippen molar-refractivity contribution in [2.24, 2.45) is 0 Å². The number of carbonyl (C=O) groups is 1. The third-order valence-corrected chi connectivity index (χ3v) is 2.89. The first-order valence-electron chi connectivity index (χ1n) is 6.83. The SMILES string of the molecule is CCCOc1cc(OC)ccc1C(=O)Nc1cncnc1N. The van der Waals surface area contributed by atoms with E-state index in [0.717, 1.165) is 6.42 Å². The highest BCUT2D eigenvalue weighted by Crippen LogP contribution is 2.26. The van der Waals surface area contributed by atoms with Crippen LogP contribution in [-0.4, -0.2) is 29.6 Å². The van der Waals surface area contributed by atoms with Crippen molar-refractivity contribution in [2.75, 3.05) is 24.8 Å². The van der Waals surface area contributed by atoms with Crippen LogP contribution >= 0.6 is 0 Å². The smallest absolute Gasteiger partial charge is 0.259 e. The molecule has 0 aliphatic heterocycles. The van der Waals surface area contributed by atoms with Crippen LogP contribution in [-0.2, 0) is 0 Å². The van der Waals surface area contributed by atoms with Gasteiger partial charge in [-0.1, -0.05) is 6.92 Å². The van der Waals surface area contributed by atoms with Crippen LogP contribution in [0.3, 0.4) is 0 Å². The maximum atomic E-state index is 12.4. The molecule has 2 aromatic rings. The fraction of sp³-hybridized carbons (Fsp3) is 0.267. The zero-order valence-corrected chi connectivity index (χ0v) is 12.5. The molecule has 0 fully saturated rings. The minimum atomic E-state index is -0.352. The Morgan fingerprint density at radius 2 is 2.23 bits per heavy atom. The largest absolute Gasteiger partial charge is 0.497 e.